The molecule has 0 amide bonds. The SMILES string of the molecule is CC(C)C1=CC(c2ccccc2)=CC1.CC(C)C1=CC=C(c2ccccc2)C1.CC(C)C1=CC=CC1.CC(C)C1=CCc2ccccc21.CC(C)C1=Cc2ccccc2C1.CC(C)c1ccc(-c2ccccc2)cc1.CC(C)c1ccc2ccccc2c1.CC(C)c1cccc2ccccc12.CC(C)c1ccccc1. The molecule has 0 nitrogen and oxygen atoms in total. The van der Waals surface area contributed by atoms with Crippen molar-refractivity contribution in [2.24, 2.45) is 29.6 Å². The maximum Gasteiger partial charge on any atom is -0.00553 e. The first kappa shape index (κ1) is 85.5. The molecule has 11 aromatic carbocycles. The lowest BCUT2D eigenvalue weighted by Gasteiger charge is -2.08. The topological polar surface area (TPSA) is 0 Å². The highest BCUT2D eigenvalue weighted by atomic mass is 14.2. The van der Waals surface area contributed by atoms with Crippen molar-refractivity contribution in [2.75, 3.05) is 0 Å². The van der Waals surface area contributed by atoms with Gasteiger partial charge < -0.3 is 0 Å². The van der Waals surface area contributed by atoms with E-state index < -0.39 is 0 Å². The van der Waals surface area contributed by atoms with E-state index in [1.54, 1.807) is 22.3 Å². The molecular weight excluding hydrogens is 1320 g/mol. The highest BCUT2D eigenvalue weighted by molar-refractivity contribution is 5.86. The van der Waals surface area contributed by atoms with Crippen molar-refractivity contribution in [3.05, 3.63) is 406 Å². The average molecular weight is 1450 g/mol. The summed E-state index contributed by atoms with van der Waals surface area (Å²) >= 11 is 0. The number of benzene rings is 11. The van der Waals surface area contributed by atoms with E-state index in [9.17, 15) is 0 Å². The van der Waals surface area contributed by atoms with Crippen molar-refractivity contribution in [1.29, 1.82) is 0 Å². The van der Waals surface area contributed by atoms with Crippen molar-refractivity contribution in [3.63, 3.8) is 0 Å². The zero-order valence-electron chi connectivity index (χ0n) is 70.0. The zero-order chi connectivity index (χ0) is 78.9. The highest BCUT2D eigenvalue weighted by Gasteiger charge is 2.17. The molecule has 0 heteroatoms. The van der Waals surface area contributed by atoms with E-state index >= 15 is 0 Å². The van der Waals surface area contributed by atoms with E-state index in [1.165, 1.54) is 111 Å². The molecule has 0 N–H and O–H groups in total. The third-order valence-corrected chi connectivity index (χ3v) is 21.1. The predicted molar refractivity (Wildman–Crippen MR) is 489 cm³/mol. The minimum absolute atomic E-state index is 0.603. The number of fused-ring (bicyclic) bond motifs is 4. The van der Waals surface area contributed by atoms with E-state index in [1.807, 2.05) is 12.1 Å². The molecule has 0 aromatic heterocycles. The van der Waals surface area contributed by atoms with Crippen LogP contribution in [-0.4, -0.2) is 0 Å². The zero-order valence-corrected chi connectivity index (χ0v) is 70.0. The molecule has 110 heavy (non-hydrogen) atoms. The van der Waals surface area contributed by atoms with Crippen LogP contribution >= 0.6 is 0 Å². The fourth-order valence-corrected chi connectivity index (χ4v) is 13.8. The molecule has 0 radical (unpaired) electrons. The first-order chi connectivity index (χ1) is 53.0. The summed E-state index contributed by atoms with van der Waals surface area (Å²) in [4.78, 5) is 0. The molecule has 11 aromatic rings. The molecule has 0 unspecified atom stereocenters. The van der Waals surface area contributed by atoms with E-state index in [0.29, 0.717) is 47.3 Å². The van der Waals surface area contributed by atoms with Gasteiger partial charge in [-0.2, -0.15) is 0 Å². The predicted octanol–water partition coefficient (Wildman–Crippen LogP) is 32.4. The molecule has 568 valence electrons. The van der Waals surface area contributed by atoms with Gasteiger partial charge in [0.15, 0.2) is 0 Å². The van der Waals surface area contributed by atoms with Crippen LogP contribution in [0.1, 0.15) is 223 Å². The molecule has 0 bridgehead atoms. The van der Waals surface area contributed by atoms with Gasteiger partial charge >= 0.3 is 0 Å². The second-order valence-electron chi connectivity index (χ2n) is 32.4. The molecule has 0 saturated carbocycles. The summed E-state index contributed by atoms with van der Waals surface area (Å²) in [6.45, 7) is 40.3. The molecule has 0 fully saturated rings. The number of rotatable bonds is 12. The molecule has 16 rings (SSSR count). The molecule has 0 aliphatic heterocycles. The number of allylic oxidation sites excluding steroid dienone is 15. The van der Waals surface area contributed by atoms with Crippen LogP contribution < -0.4 is 0 Å². The molecule has 0 saturated heterocycles. The van der Waals surface area contributed by atoms with Gasteiger partial charge in [0.25, 0.3) is 0 Å². The smallest absolute Gasteiger partial charge is 0.00553 e. The lowest BCUT2D eigenvalue weighted by atomic mass is 9.96. The van der Waals surface area contributed by atoms with Crippen LogP contribution in [0.25, 0.3) is 55.5 Å². The normalized spacial score (nSPS) is 13.4. The Morgan fingerprint density at radius 1 is 0.264 bits per heavy atom. The first-order valence-corrected chi connectivity index (χ1v) is 41.0. The Labute approximate surface area is 666 Å². The van der Waals surface area contributed by atoms with Gasteiger partial charge in [-0.1, -0.05) is 481 Å². The van der Waals surface area contributed by atoms with Crippen molar-refractivity contribution in [1.82, 2.24) is 0 Å². The van der Waals surface area contributed by atoms with Crippen molar-refractivity contribution >= 4 is 44.3 Å². The van der Waals surface area contributed by atoms with Gasteiger partial charge in [0.2, 0.25) is 0 Å². The molecule has 5 aliphatic rings. The van der Waals surface area contributed by atoms with Crippen LogP contribution in [0.2, 0.25) is 0 Å². The summed E-state index contributed by atoms with van der Waals surface area (Å²) in [5.74, 6) is 5.92. The van der Waals surface area contributed by atoms with Crippen molar-refractivity contribution < 1.29 is 0 Å². The summed E-state index contributed by atoms with van der Waals surface area (Å²) in [5, 5.41) is 5.40. The third-order valence-electron chi connectivity index (χ3n) is 21.1. The molecule has 5 aliphatic carbocycles. The minimum atomic E-state index is 0.603. The molecule has 0 atom stereocenters. The van der Waals surface area contributed by atoms with Crippen molar-refractivity contribution in [2.45, 2.75) is 180 Å². The van der Waals surface area contributed by atoms with Crippen LogP contribution in [0.3, 0.4) is 0 Å². The molecular formula is C110H128. The van der Waals surface area contributed by atoms with Gasteiger partial charge in [-0.25, -0.2) is 0 Å². The van der Waals surface area contributed by atoms with Gasteiger partial charge in [-0.05, 0) is 190 Å². The van der Waals surface area contributed by atoms with Crippen LogP contribution in [0.5, 0.6) is 0 Å². The van der Waals surface area contributed by atoms with E-state index in [0.717, 1.165) is 31.6 Å². The van der Waals surface area contributed by atoms with Crippen LogP contribution in [0.15, 0.2) is 350 Å². The second kappa shape index (κ2) is 44.5. The van der Waals surface area contributed by atoms with Crippen LogP contribution in [0.4, 0.5) is 0 Å². The summed E-state index contributed by atoms with van der Waals surface area (Å²) < 4.78 is 0. The van der Waals surface area contributed by atoms with Crippen molar-refractivity contribution in [3.8, 4) is 11.1 Å². The quantitative estimate of drug-likeness (QED) is 0.114. The van der Waals surface area contributed by atoms with Gasteiger partial charge in [0.05, 0.1) is 0 Å². The summed E-state index contributed by atoms with van der Waals surface area (Å²) in [5.41, 5.74) is 27.4. The molecule has 0 heterocycles. The largest absolute Gasteiger partial charge is 0.0805 e. The van der Waals surface area contributed by atoms with Gasteiger partial charge in [0, 0.05) is 0 Å². The summed E-state index contributed by atoms with van der Waals surface area (Å²) in [6, 6.07) is 98.7. The third kappa shape index (κ3) is 26.9. The second-order valence-corrected chi connectivity index (χ2v) is 32.4. The van der Waals surface area contributed by atoms with Gasteiger partial charge in [-0.3, -0.25) is 0 Å². The Kier molecular flexibility index (Phi) is 34.6. The first-order valence-electron chi connectivity index (χ1n) is 41.0. The lowest BCUT2D eigenvalue weighted by Crippen LogP contribution is -1.92. The Bertz CT molecular complexity index is 4820. The maximum atomic E-state index is 2.36. The monoisotopic (exact) mass is 1450 g/mol. The Morgan fingerprint density at radius 2 is 0.755 bits per heavy atom. The highest BCUT2D eigenvalue weighted by Crippen LogP contribution is 2.35. The van der Waals surface area contributed by atoms with E-state index in [2.05, 4.69) is 446 Å². The summed E-state index contributed by atoms with van der Waals surface area (Å²) in [6.07, 6.45) is 26.1. The minimum Gasteiger partial charge on any atom is -0.0805 e. The Morgan fingerprint density at radius 3 is 1.28 bits per heavy atom. The van der Waals surface area contributed by atoms with Gasteiger partial charge in [-0.15, -0.1) is 0 Å². The average Bonchev–Trinajstić information content (AvgIpc) is 1.32. The Hall–Kier alpha value is -10.1. The Balaban J connectivity index is 0.000000156. The van der Waals surface area contributed by atoms with E-state index in [4.69, 9.17) is 0 Å². The number of hydrogen-bond donors (Lipinski definition) is 0. The maximum absolute atomic E-state index is 2.36. The van der Waals surface area contributed by atoms with Gasteiger partial charge in [0.1, 0.15) is 0 Å². The molecule has 0 spiro atoms. The summed E-state index contributed by atoms with van der Waals surface area (Å²) in [7, 11) is 0. The lowest BCUT2D eigenvalue weighted by molar-refractivity contribution is 0.753. The van der Waals surface area contributed by atoms with Crippen LogP contribution in [0, 0.1) is 29.6 Å². The van der Waals surface area contributed by atoms with E-state index in [-0.39, 0.29) is 0 Å². The fraction of sp³-hybridized carbons (Fsp3) is 0.291. The fourth-order valence-electron chi connectivity index (χ4n) is 13.8. The number of hydrogen-bond acceptors (Lipinski definition) is 0. The standard InChI is InChI=1S/C15H16.2C14H16.2C13H14.2C12H14.C9H12.C8H12/c1-12(2)13-8-10-15(11-9-13)14-6-4-3-5-7-14;2*1-11(2)13-8-9-14(10-13)12-6-4-3-5-7-12;1-10(2)12-9-5-7-11-6-3-4-8-13(11)12;1-10(2)12-8-7-11-5-3-4-6-13(11)9-12;1-9(2)12-7-10-5-3-4-6-11(10)8-12;1-9(2)11-8-7-10-5-3-4-6-12(10)11;1-8(2)9-6-4-3-5-7-9;1-7(2)8-5-3-4-6-8/h3-12H,1-2H3;3-7,9-11H,8H2,1-2H3;3-9,11H,10H2,1-2H3;2*3-10H,1-2H3;3-7,9H,8H2,1-2H3;3-6,8-9H,7H2,1-2H3;3-8H,1-2H3;3-5,7H,6H2,1-2H3. The van der Waals surface area contributed by atoms with Crippen LogP contribution in [-0.2, 0) is 12.8 Å².